The van der Waals surface area contributed by atoms with Crippen molar-refractivity contribution in [2.24, 2.45) is 0 Å². The molecule has 3 aromatic rings. The van der Waals surface area contributed by atoms with Gasteiger partial charge in [0.2, 0.25) is 15.9 Å². The highest BCUT2D eigenvalue weighted by Crippen LogP contribution is 2.25. The van der Waals surface area contributed by atoms with Gasteiger partial charge in [-0.05, 0) is 43.3 Å². The number of nitrogens with one attached hydrogen (secondary N) is 1. The quantitative estimate of drug-likeness (QED) is 0.525. The number of para-hydroxylation sites is 1. The summed E-state index contributed by atoms with van der Waals surface area (Å²) < 4.78 is 33.9. The zero-order chi connectivity index (χ0) is 22.6. The number of rotatable bonds is 7. The maximum atomic E-state index is 12.7. The predicted molar refractivity (Wildman–Crippen MR) is 121 cm³/mol. The molecule has 0 radical (unpaired) electrons. The van der Waals surface area contributed by atoms with Gasteiger partial charge in [-0.1, -0.05) is 30.0 Å². The first-order valence-electron chi connectivity index (χ1n) is 10.1. The molecule has 1 aromatic heterocycles. The first-order valence-corrected chi connectivity index (χ1v) is 12.4. The molecule has 1 aliphatic heterocycles. The smallest absolute Gasteiger partial charge is 0.243 e. The summed E-state index contributed by atoms with van der Waals surface area (Å²) in [5.41, 5.74) is 1.43. The van der Waals surface area contributed by atoms with E-state index in [1.165, 1.54) is 28.2 Å². The van der Waals surface area contributed by atoms with Gasteiger partial charge in [0.15, 0.2) is 5.16 Å². The number of ether oxygens (including phenoxy) is 1. The second-order valence-corrected chi connectivity index (χ2v) is 10.4. The highest BCUT2D eigenvalue weighted by molar-refractivity contribution is 8.00. The third kappa shape index (κ3) is 5.01. The second kappa shape index (κ2) is 9.82. The van der Waals surface area contributed by atoms with E-state index in [1.807, 2.05) is 34.9 Å². The number of hydrogen-bond acceptors (Lipinski definition) is 7. The van der Waals surface area contributed by atoms with Crippen molar-refractivity contribution in [1.29, 1.82) is 0 Å². The molecule has 1 fully saturated rings. The van der Waals surface area contributed by atoms with E-state index in [0.717, 1.165) is 5.69 Å². The van der Waals surface area contributed by atoms with Crippen molar-refractivity contribution < 1.29 is 17.9 Å². The van der Waals surface area contributed by atoms with E-state index in [0.29, 0.717) is 37.1 Å². The van der Waals surface area contributed by atoms with Crippen molar-refractivity contribution in [2.75, 3.05) is 31.6 Å². The molecular formula is C21H23N5O4S2. The summed E-state index contributed by atoms with van der Waals surface area (Å²) >= 11 is 1.29. The minimum Gasteiger partial charge on any atom is -0.379 e. The summed E-state index contributed by atoms with van der Waals surface area (Å²) in [7, 11) is -3.57. The van der Waals surface area contributed by atoms with Crippen molar-refractivity contribution in [3.63, 3.8) is 0 Å². The lowest BCUT2D eigenvalue weighted by Gasteiger charge is -2.26. The van der Waals surface area contributed by atoms with Crippen LogP contribution in [0.2, 0.25) is 0 Å². The number of aromatic nitrogens is 3. The van der Waals surface area contributed by atoms with E-state index in [-0.39, 0.29) is 10.8 Å². The predicted octanol–water partition coefficient (Wildman–Crippen LogP) is 2.41. The largest absolute Gasteiger partial charge is 0.379 e. The number of hydrogen-bond donors (Lipinski definition) is 1. The average Bonchev–Trinajstić information content (AvgIpc) is 3.28. The van der Waals surface area contributed by atoms with Crippen LogP contribution in [-0.2, 0) is 19.6 Å². The van der Waals surface area contributed by atoms with Gasteiger partial charge in [-0.3, -0.25) is 9.36 Å². The molecule has 9 nitrogen and oxygen atoms in total. The molecule has 1 N–H and O–H groups in total. The zero-order valence-electron chi connectivity index (χ0n) is 17.4. The van der Waals surface area contributed by atoms with Gasteiger partial charge < -0.3 is 10.1 Å². The number of nitrogens with zero attached hydrogens (tertiary/aromatic N) is 4. The Bertz CT molecular complexity index is 1160. The molecule has 0 saturated carbocycles. The van der Waals surface area contributed by atoms with E-state index < -0.39 is 15.3 Å². The van der Waals surface area contributed by atoms with Gasteiger partial charge in [0.1, 0.15) is 6.33 Å². The molecule has 1 aliphatic rings. The Morgan fingerprint density at radius 1 is 1.09 bits per heavy atom. The van der Waals surface area contributed by atoms with Crippen LogP contribution in [0.5, 0.6) is 0 Å². The molecule has 168 valence electrons. The van der Waals surface area contributed by atoms with Gasteiger partial charge in [0.05, 0.1) is 23.4 Å². The number of amides is 1. The van der Waals surface area contributed by atoms with E-state index in [1.54, 1.807) is 25.4 Å². The van der Waals surface area contributed by atoms with Gasteiger partial charge in [-0.2, -0.15) is 4.31 Å². The van der Waals surface area contributed by atoms with Gasteiger partial charge in [0, 0.05) is 24.5 Å². The summed E-state index contributed by atoms with van der Waals surface area (Å²) in [4.78, 5) is 12.9. The third-order valence-electron chi connectivity index (χ3n) is 4.93. The molecule has 4 rings (SSSR count). The first-order chi connectivity index (χ1) is 15.4. The van der Waals surface area contributed by atoms with E-state index in [4.69, 9.17) is 4.74 Å². The molecule has 0 unspecified atom stereocenters. The Morgan fingerprint density at radius 3 is 2.47 bits per heavy atom. The lowest BCUT2D eigenvalue weighted by molar-refractivity contribution is -0.115. The lowest BCUT2D eigenvalue weighted by atomic mass is 10.3. The molecular weight excluding hydrogens is 450 g/mol. The molecule has 32 heavy (non-hydrogen) atoms. The minimum atomic E-state index is -3.57. The van der Waals surface area contributed by atoms with Crippen molar-refractivity contribution in [2.45, 2.75) is 22.2 Å². The van der Waals surface area contributed by atoms with Crippen LogP contribution in [0.3, 0.4) is 0 Å². The summed E-state index contributed by atoms with van der Waals surface area (Å²) in [5, 5.41) is 11.1. The monoisotopic (exact) mass is 473 g/mol. The number of carbonyl (C=O) groups is 1. The zero-order valence-corrected chi connectivity index (χ0v) is 19.1. The highest BCUT2D eigenvalue weighted by atomic mass is 32.2. The van der Waals surface area contributed by atoms with Crippen molar-refractivity contribution in [3.05, 3.63) is 60.9 Å². The minimum absolute atomic E-state index is 0.191. The van der Waals surface area contributed by atoms with Gasteiger partial charge in [0.25, 0.3) is 0 Å². The van der Waals surface area contributed by atoms with Crippen LogP contribution in [0.15, 0.2) is 71.0 Å². The SMILES string of the molecule is C[C@H](Sc1nncn1-c1ccccc1)C(=O)Nc1ccc(S(=O)(=O)N2CCOCC2)cc1. The molecule has 1 atom stereocenters. The van der Waals surface area contributed by atoms with Crippen LogP contribution < -0.4 is 5.32 Å². The summed E-state index contributed by atoms with van der Waals surface area (Å²) in [6.45, 7) is 3.23. The fourth-order valence-corrected chi connectivity index (χ4v) is 5.42. The van der Waals surface area contributed by atoms with E-state index in [9.17, 15) is 13.2 Å². The number of sulfonamides is 1. The Balaban J connectivity index is 1.40. The first kappa shape index (κ1) is 22.5. The van der Waals surface area contributed by atoms with Crippen molar-refractivity contribution >= 4 is 33.4 Å². The Morgan fingerprint density at radius 2 is 1.78 bits per heavy atom. The van der Waals surface area contributed by atoms with Crippen molar-refractivity contribution in [3.8, 4) is 5.69 Å². The maximum Gasteiger partial charge on any atom is 0.243 e. The molecule has 0 aliphatic carbocycles. The highest BCUT2D eigenvalue weighted by Gasteiger charge is 2.26. The van der Waals surface area contributed by atoms with Gasteiger partial charge >= 0.3 is 0 Å². The van der Waals surface area contributed by atoms with Crippen LogP contribution >= 0.6 is 11.8 Å². The lowest BCUT2D eigenvalue weighted by Crippen LogP contribution is -2.40. The third-order valence-corrected chi connectivity index (χ3v) is 7.90. The molecule has 2 heterocycles. The number of thioether (sulfide) groups is 1. The van der Waals surface area contributed by atoms with E-state index >= 15 is 0 Å². The summed E-state index contributed by atoms with van der Waals surface area (Å²) in [5.74, 6) is -0.221. The molecule has 11 heteroatoms. The van der Waals surface area contributed by atoms with E-state index in [2.05, 4.69) is 15.5 Å². The topological polar surface area (TPSA) is 106 Å². The van der Waals surface area contributed by atoms with Crippen LogP contribution in [0.25, 0.3) is 5.69 Å². The maximum absolute atomic E-state index is 12.7. The van der Waals surface area contributed by atoms with Crippen LogP contribution in [0, 0.1) is 0 Å². The number of morpholine rings is 1. The Hall–Kier alpha value is -2.73. The molecule has 2 aromatic carbocycles. The Kier molecular flexibility index (Phi) is 6.89. The second-order valence-electron chi connectivity index (χ2n) is 7.11. The molecule has 0 bridgehead atoms. The molecule has 1 amide bonds. The fraction of sp³-hybridized carbons (Fsp3) is 0.286. The summed E-state index contributed by atoms with van der Waals surface area (Å²) in [6, 6.07) is 15.8. The Labute approximate surface area is 190 Å². The standard InChI is InChI=1S/C21H23N5O4S2/c1-16(31-21-24-22-15-26(21)18-5-3-2-4-6-18)20(27)23-17-7-9-19(10-8-17)32(28,29)25-11-13-30-14-12-25/h2-10,15-16H,11-14H2,1H3,(H,23,27)/t16-/m0/s1. The number of benzene rings is 2. The molecule has 0 spiro atoms. The summed E-state index contributed by atoms with van der Waals surface area (Å²) in [6.07, 6.45) is 1.61. The van der Waals surface area contributed by atoms with Crippen LogP contribution in [-0.4, -0.2) is 64.9 Å². The van der Waals surface area contributed by atoms with Gasteiger partial charge in [-0.25, -0.2) is 8.42 Å². The average molecular weight is 474 g/mol. The number of carbonyl (C=O) groups excluding carboxylic acids is 1. The number of anilines is 1. The van der Waals surface area contributed by atoms with Crippen LogP contribution in [0.4, 0.5) is 5.69 Å². The van der Waals surface area contributed by atoms with Crippen molar-refractivity contribution in [1.82, 2.24) is 19.1 Å². The normalized spacial score (nSPS) is 15.9. The fourth-order valence-electron chi connectivity index (χ4n) is 3.17. The van der Waals surface area contributed by atoms with Crippen LogP contribution in [0.1, 0.15) is 6.92 Å². The van der Waals surface area contributed by atoms with Gasteiger partial charge in [-0.15, -0.1) is 10.2 Å². The molecule has 1 saturated heterocycles.